The lowest BCUT2D eigenvalue weighted by Gasteiger charge is -2.14. The lowest BCUT2D eigenvalue weighted by Crippen LogP contribution is -2.26. The first kappa shape index (κ1) is 12.9. The van der Waals surface area contributed by atoms with Gasteiger partial charge in [-0.1, -0.05) is 0 Å². The van der Waals surface area contributed by atoms with Crippen molar-refractivity contribution in [2.24, 2.45) is 0 Å². The Kier molecular flexibility index (Phi) is 4.58. The largest absolute Gasteiger partial charge is 0.383 e. The smallest absolute Gasteiger partial charge is 0.222 e. The summed E-state index contributed by atoms with van der Waals surface area (Å²) in [6, 6.07) is 0.201. The van der Waals surface area contributed by atoms with Crippen molar-refractivity contribution in [1.82, 2.24) is 15.1 Å². The van der Waals surface area contributed by atoms with Crippen molar-refractivity contribution >= 4 is 11.6 Å². The summed E-state index contributed by atoms with van der Waals surface area (Å²) in [5, 5.41) is 10.5. The standard InChI is InChI=1S/C12H20N4O2/c1-18-6-5-16-9-11(8-14-16)15-10-3-2-4-13-12(17)7-10/h8-10,15H,2-7H2,1H3,(H,13,17). The number of methoxy groups -OCH3 is 1. The third-order valence-corrected chi connectivity index (χ3v) is 3.01. The molecule has 6 heteroatoms. The SMILES string of the molecule is COCCn1cc(NC2CCCNC(=O)C2)cn1. The summed E-state index contributed by atoms with van der Waals surface area (Å²) in [7, 11) is 1.67. The van der Waals surface area contributed by atoms with Gasteiger partial charge in [-0.05, 0) is 12.8 Å². The van der Waals surface area contributed by atoms with E-state index in [0.717, 1.165) is 31.6 Å². The molecular formula is C12H20N4O2. The fourth-order valence-electron chi connectivity index (χ4n) is 2.08. The molecule has 1 saturated heterocycles. The topological polar surface area (TPSA) is 68.2 Å². The molecule has 18 heavy (non-hydrogen) atoms. The Balaban J connectivity index is 1.87. The Bertz CT molecular complexity index is 391. The second-order valence-corrected chi connectivity index (χ2v) is 4.52. The van der Waals surface area contributed by atoms with Gasteiger partial charge in [0.1, 0.15) is 0 Å². The van der Waals surface area contributed by atoms with Crippen LogP contribution in [0.25, 0.3) is 0 Å². The summed E-state index contributed by atoms with van der Waals surface area (Å²) in [5.41, 5.74) is 0.964. The van der Waals surface area contributed by atoms with Crippen molar-refractivity contribution in [2.45, 2.75) is 31.8 Å². The minimum absolute atomic E-state index is 0.122. The molecule has 1 unspecified atom stereocenters. The van der Waals surface area contributed by atoms with E-state index in [1.165, 1.54) is 0 Å². The predicted octanol–water partition coefficient (Wildman–Crippen LogP) is 0.610. The van der Waals surface area contributed by atoms with E-state index in [9.17, 15) is 4.79 Å². The van der Waals surface area contributed by atoms with E-state index in [2.05, 4.69) is 15.7 Å². The lowest BCUT2D eigenvalue weighted by molar-refractivity contribution is -0.120. The van der Waals surface area contributed by atoms with Crippen molar-refractivity contribution in [3.05, 3.63) is 12.4 Å². The Morgan fingerprint density at radius 3 is 3.39 bits per heavy atom. The normalized spacial score (nSPS) is 20.3. The molecule has 0 spiro atoms. The zero-order valence-electron chi connectivity index (χ0n) is 10.7. The van der Waals surface area contributed by atoms with Crippen LogP contribution in [0.1, 0.15) is 19.3 Å². The zero-order valence-corrected chi connectivity index (χ0v) is 10.7. The molecular weight excluding hydrogens is 232 g/mol. The Hall–Kier alpha value is -1.56. The second kappa shape index (κ2) is 6.39. The van der Waals surface area contributed by atoms with Crippen molar-refractivity contribution in [3.63, 3.8) is 0 Å². The number of ether oxygens (including phenoxy) is 1. The van der Waals surface area contributed by atoms with E-state index < -0.39 is 0 Å². The van der Waals surface area contributed by atoms with Gasteiger partial charge in [0.25, 0.3) is 0 Å². The highest BCUT2D eigenvalue weighted by Gasteiger charge is 2.17. The third-order valence-electron chi connectivity index (χ3n) is 3.01. The number of carbonyl (C=O) groups excluding carboxylic acids is 1. The fraction of sp³-hybridized carbons (Fsp3) is 0.667. The van der Waals surface area contributed by atoms with Gasteiger partial charge in [-0.2, -0.15) is 5.10 Å². The molecule has 1 atom stereocenters. The number of nitrogens with zero attached hydrogens (tertiary/aromatic N) is 2. The van der Waals surface area contributed by atoms with E-state index in [4.69, 9.17) is 4.74 Å². The van der Waals surface area contributed by atoms with E-state index >= 15 is 0 Å². The summed E-state index contributed by atoms with van der Waals surface area (Å²) >= 11 is 0. The molecule has 2 heterocycles. The molecule has 2 N–H and O–H groups in total. The third kappa shape index (κ3) is 3.73. The first-order valence-electron chi connectivity index (χ1n) is 6.32. The minimum atomic E-state index is 0.122. The Morgan fingerprint density at radius 2 is 2.56 bits per heavy atom. The molecule has 0 saturated carbocycles. The van der Waals surface area contributed by atoms with Crippen molar-refractivity contribution < 1.29 is 9.53 Å². The molecule has 6 nitrogen and oxygen atoms in total. The van der Waals surface area contributed by atoms with Crippen molar-refractivity contribution in [2.75, 3.05) is 25.6 Å². The van der Waals surface area contributed by atoms with Gasteiger partial charge < -0.3 is 15.4 Å². The number of amides is 1. The second-order valence-electron chi connectivity index (χ2n) is 4.52. The summed E-state index contributed by atoms with van der Waals surface area (Å²) in [4.78, 5) is 11.4. The van der Waals surface area contributed by atoms with Crippen LogP contribution >= 0.6 is 0 Å². The number of hydrogen-bond acceptors (Lipinski definition) is 4. The minimum Gasteiger partial charge on any atom is -0.383 e. The summed E-state index contributed by atoms with van der Waals surface area (Å²) in [6.45, 7) is 2.17. The highest BCUT2D eigenvalue weighted by atomic mass is 16.5. The van der Waals surface area contributed by atoms with Crippen LogP contribution in [0.3, 0.4) is 0 Å². The monoisotopic (exact) mass is 252 g/mol. The van der Waals surface area contributed by atoms with Gasteiger partial charge in [0.15, 0.2) is 0 Å². The molecule has 1 amide bonds. The van der Waals surface area contributed by atoms with Crippen LogP contribution in [-0.2, 0) is 16.1 Å². The van der Waals surface area contributed by atoms with E-state index in [0.29, 0.717) is 13.0 Å². The number of aromatic nitrogens is 2. The molecule has 1 aromatic rings. The highest BCUT2D eigenvalue weighted by molar-refractivity contribution is 5.77. The van der Waals surface area contributed by atoms with Crippen LogP contribution in [0.2, 0.25) is 0 Å². The lowest BCUT2D eigenvalue weighted by atomic mass is 10.1. The quantitative estimate of drug-likeness (QED) is 0.805. The maximum Gasteiger partial charge on any atom is 0.222 e. The van der Waals surface area contributed by atoms with Gasteiger partial charge in [-0.15, -0.1) is 0 Å². The van der Waals surface area contributed by atoms with Crippen molar-refractivity contribution in [1.29, 1.82) is 0 Å². The van der Waals surface area contributed by atoms with Crippen LogP contribution in [0, 0.1) is 0 Å². The predicted molar refractivity (Wildman–Crippen MR) is 68.4 cm³/mol. The molecule has 1 aliphatic rings. The van der Waals surface area contributed by atoms with Crippen LogP contribution < -0.4 is 10.6 Å². The molecule has 1 aromatic heterocycles. The zero-order chi connectivity index (χ0) is 12.8. The average molecular weight is 252 g/mol. The number of anilines is 1. The molecule has 1 aliphatic heterocycles. The maximum absolute atomic E-state index is 11.4. The van der Waals surface area contributed by atoms with Gasteiger partial charge in [0.2, 0.25) is 5.91 Å². The van der Waals surface area contributed by atoms with E-state index in [1.54, 1.807) is 13.3 Å². The van der Waals surface area contributed by atoms with Gasteiger partial charge in [0, 0.05) is 32.3 Å². The van der Waals surface area contributed by atoms with Crippen LogP contribution in [-0.4, -0.2) is 42.0 Å². The first-order valence-corrected chi connectivity index (χ1v) is 6.32. The molecule has 0 aromatic carbocycles. The van der Waals surface area contributed by atoms with Crippen LogP contribution in [0.5, 0.6) is 0 Å². The molecule has 1 fully saturated rings. The van der Waals surface area contributed by atoms with Gasteiger partial charge in [0.05, 0.1) is 25.0 Å². The number of carbonyl (C=O) groups is 1. The average Bonchev–Trinajstić information content (AvgIpc) is 2.69. The maximum atomic E-state index is 11.4. The summed E-state index contributed by atoms with van der Waals surface area (Å²) < 4.78 is 6.84. The van der Waals surface area contributed by atoms with Crippen LogP contribution in [0.15, 0.2) is 12.4 Å². The molecule has 0 aliphatic carbocycles. The molecule has 0 radical (unpaired) electrons. The molecule has 2 rings (SSSR count). The number of rotatable bonds is 5. The Morgan fingerprint density at radius 1 is 1.67 bits per heavy atom. The Labute approximate surface area is 107 Å². The highest BCUT2D eigenvalue weighted by Crippen LogP contribution is 2.14. The van der Waals surface area contributed by atoms with Gasteiger partial charge >= 0.3 is 0 Å². The first-order chi connectivity index (χ1) is 8.78. The van der Waals surface area contributed by atoms with Crippen molar-refractivity contribution in [3.8, 4) is 0 Å². The van der Waals surface area contributed by atoms with Gasteiger partial charge in [-0.3, -0.25) is 9.48 Å². The fourth-order valence-corrected chi connectivity index (χ4v) is 2.08. The number of nitrogens with one attached hydrogen (secondary N) is 2. The summed E-state index contributed by atoms with van der Waals surface area (Å²) in [6.07, 6.45) is 6.28. The molecule has 100 valence electrons. The number of hydrogen-bond donors (Lipinski definition) is 2. The molecule has 0 bridgehead atoms. The summed E-state index contributed by atoms with van der Waals surface area (Å²) in [5.74, 6) is 0.122. The van der Waals surface area contributed by atoms with E-state index in [-0.39, 0.29) is 11.9 Å². The van der Waals surface area contributed by atoms with E-state index in [1.807, 2.05) is 10.9 Å². The van der Waals surface area contributed by atoms with Crippen LogP contribution in [0.4, 0.5) is 5.69 Å². The van der Waals surface area contributed by atoms with Gasteiger partial charge in [-0.25, -0.2) is 0 Å².